The maximum atomic E-state index is 10.5. The van der Waals surface area contributed by atoms with Crippen LogP contribution in [0.15, 0.2) is 12.2 Å². The van der Waals surface area contributed by atoms with Crippen molar-refractivity contribution in [2.75, 3.05) is 0 Å². The predicted octanol–water partition coefficient (Wildman–Crippen LogP) is 1.24. The molecular formula is C12H21N3O2. The van der Waals surface area contributed by atoms with Crippen LogP contribution >= 0.6 is 0 Å². The summed E-state index contributed by atoms with van der Waals surface area (Å²) < 4.78 is 0. The van der Waals surface area contributed by atoms with Gasteiger partial charge in [0, 0.05) is 12.5 Å². The minimum Gasteiger partial charge on any atom is -0.480 e. The number of carboxylic acids is 1. The summed E-state index contributed by atoms with van der Waals surface area (Å²) in [5.74, 6) is -0.354. The maximum absolute atomic E-state index is 10.5. The molecule has 0 aromatic heterocycles. The summed E-state index contributed by atoms with van der Waals surface area (Å²) in [5.41, 5.74) is 5.38. The molecule has 2 atom stereocenters. The van der Waals surface area contributed by atoms with Gasteiger partial charge in [-0.05, 0) is 25.7 Å². The molecule has 1 aliphatic heterocycles. The van der Waals surface area contributed by atoms with Crippen LogP contribution in [0.2, 0.25) is 0 Å². The first-order valence-corrected chi connectivity index (χ1v) is 6.07. The van der Waals surface area contributed by atoms with E-state index in [1.165, 1.54) is 0 Å². The molecule has 0 unspecified atom stereocenters. The number of hydrogen-bond donors (Lipinski definition) is 4. The van der Waals surface area contributed by atoms with Gasteiger partial charge in [0.05, 0.1) is 5.84 Å². The fourth-order valence-electron chi connectivity index (χ4n) is 1.86. The SMILES string of the molecule is N=C1CCCC[C@H](C/C=C\C[C@H](N)C(=O)O)N1. The molecule has 0 amide bonds. The summed E-state index contributed by atoms with van der Waals surface area (Å²) in [5, 5.41) is 19.4. The van der Waals surface area contributed by atoms with Gasteiger partial charge < -0.3 is 16.2 Å². The Morgan fingerprint density at radius 1 is 1.59 bits per heavy atom. The summed E-state index contributed by atoms with van der Waals surface area (Å²) >= 11 is 0. The van der Waals surface area contributed by atoms with Gasteiger partial charge in [0.25, 0.3) is 0 Å². The number of carbonyl (C=O) groups is 1. The van der Waals surface area contributed by atoms with Crippen LogP contribution in [-0.4, -0.2) is 29.0 Å². The van der Waals surface area contributed by atoms with E-state index in [1.54, 1.807) is 0 Å². The molecule has 1 fully saturated rings. The Balaban J connectivity index is 2.26. The van der Waals surface area contributed by atoms with E-state index in [-0.39, 0.29) is 0 Å². The van der Waals surface area contributed by atoms with E-state index in [2.05, 4.69) is 5.32 Å². The zero-order valence-corrected chi connectivity index (χ0v) is 9.98. The lowest BCUT2D eigenvalue weighted by atomic mass is 10.1. The van der Waals surface area contributed by atoms with Crippen molar-refractivity contribution in [1.82, 2.24) is 5.32 Å². The van der Waals surface area contributed by atoms with Gasteiger partial charge in [-0.2, -0.15) is 0 Å². The molecule has 0 aliphatic carbocycles. The molecule has 0 aromatic rings. The number of amidine groups is 1. The largest absolute Gasteiger partial charge is 0.480 e. The smallest absolute Gasteiger partial charge is 0.320 e. The second-order valence-corrected chi connectivity index (χ2v) is 4.45. The van der Waals surface area contributed by atoms with Gasteiger partial charge >= 0.3 is 5.97 Å². The fraction of sp³-hybridized carbons (Fsp3) is 0.667. The Morgan fingerprint density at radius 3 is 3.06 bits per heavy atom. The number of hydrogen-bond acceptors (Lipinski definition) is 3. The Labute approximate surface area is 102 Å². The lowest BCUT2D eigenvalue weighted by Gasteiger charge is -2.14. The van der Waals surface area contributed by atoms with E-state index in [0.29, 0.717) is 18.3 Å². The third kappa shape index (κ3) is 5.49. The molecule has 5 heteroatoms. The lowest BCUT2D eigenvalue weighted by molar-refractivity contribution is -0.138. The highest BCUT2D eigenvalue weighted by molar-refractivity contribution is 5.79. The van der Waals surface area contributed by atoms with Crippen molar-refractivity contribution in [3.63, 3.8) is 0 Å². The highest BCUT2D eigenvalue weighted by Gasteiger charge is 2.13. The summed E-state index contributed by atoms with van der Waals surface area (Å²) in [6.07, 6.45) is 9.09. The van der Waals surface area contributed by atoms with Crippen molar-refractivity contribution in [2.45, 2.75) is 50.6 Å². The van der Waals surface area contributed by atoms with Crippen molar-refractivity contribution in [3.8, 4) is 0 Å². The standard InChI is InChI=1S/C12H21N3O2/c13-10(12(16)17)7-3-1-5-9-6-2-4-8-11(14)15-9/h1,3,9-10H,2,4-8,13H2,(H2,14,15)(H,16,17)/b3-1-/t9-,10-/m0/s1. The molecule has 0 aromatic carbocycles. The van der Waals surface area contributed by atoms with Crippen LogP contribution in [0.1, 0.15) is 38.5 Å². The highest BCUT2D eigenvalue weighted by Crippen LogP contribution is 2.12. The molecule has 5 nitrogen and oxygen atoms in total. The third-order valence-corrected chi connectivity index (χ3v) is 2.90. The number of nitrogens with two attached hydrogens (primary N) is 1. The van der Waals surface area contributed by atoms with Crippen molar-refractivity contribution < 1.29 is 9.90 Å². The number of nitrogens with one attached hydrogen (secondary N) is 2. The molecule has 0 spiro atoms. The van der Waals surface area contributed by atoms with Crippen LogP contribution in [0, 0.1) is 5.41 Å². The van der Waals surface area contributed by atoms with E-state index in [0.717, 1.165) is 32.1 Å². The third-order valence-electron chi connectivity index (χ3n) is 2.90. The molecule has 96 valence electrons. The summed E-state index contributed by atoms with van der Waals surface area (Å²) in [4.78, 5) is 10.5. The lowest BCUT2D eigenvalue weighted by Crippen LogP contribution is -2.32. The minimum atomic E-state index is -0.969. The second-order valence-electron chi connectivity index (χ2n) is 4.45. The second kappa shape index (κ2) is 7.06. The topological polar surface area (TPSA) is 99.2 Å². The Hall–Kier alpha value is -1.36. The number of aliphatic carboxylic acids is 1. The van der Waals surface area contributed by atoms with Crippen LogP contribution < -0.4 is 11.1 Å². The molecule has 0 bridgehead atoms. The average molecular weight is 239 g/mol. The molecule has 0 radical (unpaired) electrons. The van der Waals surface area contributed by atoms with Gasteiger partial charge in [-0.25, -0.2) is 0 Å². The van der Waals surface area contributed by atoms with E-state index >= 15 is 0 Å². The Bertz CT molecular complexity index is 302. The maximum Gasteiger partial charge on any atom is 0.320 e. The van der Waals surface area contributed by atoms with E-state index in [9.17, 15) is 4.79 Å². The Morgan fingerprint density at radius 2 is 2.35 bits per heavy atom. The normalized spacial score (nSPS) is 23.1. The molecule has 1 heterocycles. The molecule has 1 saturated heterocycles. The zero-order valence-electron chi connectivity index (χ0n) is 9.98. The van der Waals surface area contributed by atoms with Gasteiger partial charge in [0.15, 0.2) is 0 Å². The van der Waals surface area contributed by atoms with Crippen LogP contribution in [0.25, 0.3) is 0 Å². The summed E-state index contributed by atoms with van der Waals surface area (Å²) in [6, 6.07) is -0.506. The molecule has 5 N–H and O–H groups in total. The number of rotatable bonds is 5. The molecule has 1 aliphatic rings. The number of carboxylic acid groups (broad SMARTS) is 1. The predicted molar refractivity (Wildman–Crippen MR) is 67.1 cm³/mol. The summed E-state index contributed by atoms with van der Waals surface area (Å²) in [6.45, 7) is 0. The molecular weight excluding hydrogens is 218 g/mol. The van der Waals surface area contributed by atoms with Gasteiger partial charge in [-0.15, -0.1) is 0 Å². The average Bonchev–Trinajstić information content (AvgIpc) is 2.48. The molecule has 1 rings (SSSR count). The van der Waals surface area contributed by atoms with Crippen LogP contribution in [0.3, 0.4) is 0 Å². The first-order valence-electron chi connectivity index (χ1n) is 6.07. The van der Waals surface area contributed by atoms with Gasteiger partial charge in [0.2, 0.25) is 0 Å². The molecule has 17 heavy (non-hydrogen) atoms. The molecule has 0 saturated carbocycles. The quantitative estimate of drug-likeness (QED) is 0.542. The fourth-order valence-corrected chi connectivity index (χ4v) is 1.86. The van der Waals surface area contributed by atoms with Crippen LogP contribution in [0.4, 0.5) is 0 Å². The van der Waals surface area contributed by atoms with Crippen molar-refractivity contribution >= 4 is 11.8 Å². The van der Waals surface area contributed by atoms with Crippen molar-refractivity contribution in [3.05, 3.63) is 12.2 Å². The van der Waals surface area contributed by atoms with Gasteiger partial charge in [0.1, 0.15) is 6.04 Å². The van der Waals surface area contributed by atoms with E-state index < -0.39 is 12.0 Å². The highest BCUT2D eigenvalue weighted by atomic mass is 16.4. The van der Waals surface area contributed by atoms with E-state index in [4.69, 9.17) is 16.2 Å². The van der Waals surface area contributed by atoms with Gasteiger partial charge in [-0.3, -0.25) is 10.2 Å². The van der Waals surface area contributed by atoms with E-state index in [1.807, 2.05) is 12.2 Å². The van der Waals surface area contributed by atoms with Crippen molar-refractivity contribution in [2.24, 2.45) is 5.73 Å². The first kappa shape index (κ1) is 13.7. The first-order chi connectivity index (χ1) is 8.09. The van der Waals surface area contributed by atoms with Crippen LogP contribution in [-0.2, 0) is 4.79 Å². The zero-order chi connectivity index (χ0) is 12.7. The van der Waals surface area contributed by atoms with Gasteiger partial charge in [-0.1, -0.05) is 18.6 Å². The van der Waals surface area contributed by atoms with Crippen LogP contribution in [0.5, 0.6) is 0 Å². The monoisotopic (exact) mass is 239 g/mol. The van der Waals surface area contributed by atoms with Crippen molar-refractivity contribution in [1.29, 1.82) is 5.41 Å². The summed E-state index contributed by atoms with van der Waals surface area (Å²) in [7, 11) is 0. The Kier molecular flexibility index (Phi) is 5.69. The minimum absolute atomic E-state index is 0.308.